The molecule has 100 valence electrons. The maximum absolute atomic E-state index is 11.5. The first-order valence-corrected chi connectivity index (χ1v) is 5.12. The summed E-state index contributed by atoms with van der Waals surface area (Å²) in [6, 6.07) is 0. The first-order valence-electron chi connectivity index (χ1n) is 5.12. The molecule has 0 radical (unpaired) electrons. The molecule has 7 nitrogen and oxygen atoms in total. The van der Waals surface area contributed by atoms with Gasteiger partial charge in [0.2, 0.25) is 6.10 Å². The summed E-state index contributed by atoms with van der Waals surface area (Å²) in [4.78, 5) is 27.6. The molecule has 17 heavy (non-hydrogen) atoms. The lowest BCUT2D eigenvalue weighted by atomic mass is 10.1. The third-order valence-electron chi connectivity index (χ3n) is 1.75. The van der Waals surface area contributed by atoms with Crippen molar-refractivity contribution < 1.29 is 24.3 Å². The number of alkyl carbamates (subject to hydrolysis) is 1. The van der Waals surface area contributed by atoms with Crippen LogP contribution in [0.5, 0.6) is 0 Å². The number of aliphatic hydroxyl groups is 1. The highest BCUT2D eigenvalue weighted by atomic mass is 16.7. The van der Waals surface area contributed by atoms with Crippen LogP contribution < -0.4 is 5.32 Å². The van der Waals surface area contributed by atoms with Crippen LogP contribution in [0.2, 0.25) is 0 Å². The quantitative estimate of drug-likeness (QED) is 0.678. The lowest BCUT2D eigenvalue weighted by Crippen LogP contribution is -2.46. The fourth-order valence-corrected chi connectivity index (χ4v) is 0.923. The van der Waals surface area contributed by atoms with E-state index in [9.17, 15) is 9.59 Å². The molecule has 2 N–H and O–H groups in total. The highest BCUT2D eigenvalue weighted by Gasteiger charge is 2.27. The average molecular weight is 248 g/mol. The number of likely N-dealkylation sites (N-methyl/N-ethyl adjacent to an activating group) is 1. The van der Waals surface area contributed by atoms with E-state index in [0.29, 0.717) is 0 Å². The molecule has 0 aliphatic carbocycles. The average Bonchev–Trinajstić information content (AvgIpc) is 2.21. The smallest absolute Gasteiger partial charge is 0.408 e. The number of amides is 2. The molecule has 0 aliphatic rings. The van der Waals surface area contributed by atoms with Gasteiger partial charge in [-0.3, -0.25) is 9.63 Å². The Bertz CT molecular complexity index is 274. The van der Waals surface area contributed by atoms with Gasteiger partial charge < -0.3 is 15.2 Å². The summed E-state index contributed by atoms with van der Waals surface area (Å²) in [6.45, 7) is 4.70. The third kappa shape index (κ3) is 6.08. The maximum Gasteiger partial charge on any atom is 0.408 e. The Morgan fingerprint density at radius 3 is 2.29 bits per heavy atom. The number of nitrogens with zero attached hydrogens (tertiary/aromatic N) is 1. The molecule has 0 saturated heterocycles. The predicted octanol–water partition coefficient (Wildman–Crippen LogP) is -0.108. The second kappa shape index (κ2) is 6.41. The minimum atomic E-state index is -1.28. The van der Waals surface area contributed by atoms with Gasteiger partial charge in [-0.25, -0.2) is 9.86 Å². The number of hydroxylamine groups is 2. The van der Waals surface area contributed by atoms with E-state index >= 15 is 0 Å². The number of ether oxygens (including phenoxy) is 1. The zero-order chi connectivity index (χ0) is 13.6. The second-order valence-electron chi connectivity index (χ2n) is 4.47. The van der Waals surface area contributed by atoms with Crippen molar-refractivity contribution in [3.05, 3.63) is 0 Å². The van der Waals surface area contributed by atoms with Crippen molar-refractivity contribution in [2.75, 3.05) is 20.8 Å². The zero-order valence-electron chi connectivity index (χ0n) is 10.8. The van der Waals surface area contributed by atoms with Crippen molar-refractivity contribution in [1.29, 1.82) is 0 Å². The first-order chi connectivity index (χ1) is 7.71. The Hall–Kier alpha value is -1.34. The van der Waals surface area contributed by atoms with Crippen LogP contribution in [0.15, 0.2) is 0 Å². The minimum Gasteiger partial charge on any atom is -0.434 e. The van der Waals surface area contributed by atoms with Crippen LogP contribution in [-0.2, 0) is 14.4 Å². The molecule has 0 heterocycles. The predicted molar refractivity (Wildman–Crippen MR) is 60.0 cm³/mol. The zero-order valence-corrected chi connectivity index (χ0v) is 10.8. The molecule has 0 aromatic heterocycles. The molecule has 1 atom stereocenters. The van der Waals surface area contributed by atoms with Gasteiger partial charge in [0.05, 0.1) is 13.7 Å². The SMILES string of the molecule is CON(C)C(=O)[C@H](CO)OC(=O)NC(C)(C)C. The van der Waals surface area contributed by atoms with Crippen molar-refractivity contribution in [2.24, 2.45) is 0 Å². The van der Waals surface area contributed by atoms with Crippen molar-refractivity contribution in [1.82, 2.24) is 10.4 Å². The lowest BCUT2D eigenvalue weighted by Gasteiger charge is -2.24. The molecule has 0 saturated carbocycles. The number of hydrogen-bond donors (Lipinski definition) is 2. The van der Waals surface area contributed by atoms with Crippen LogP contribution in [0.4, 0.5) is 4.79 Å². The Balaban J connectivity index is 4.41. The van der Waals surface area contributed by atoms with E-state index in [2.05, 4.69) is 10.2 Å². The fourth-order valence-electron chi connectivity index (χ4n) is 0.923. The Morgan fingerprint density at radius 1 is 1.41 bits per heavy atom. The van der Waals surface area contributed by atoms with Gasteiger partial charge in [-0.05, 0) is 20.8 Å². The van der Waals surface area contributed by atoms with E-state index < -0.39 is 30.3 Å². The second-order valence-corrected chi connectivity index (χ2v) is 4.47. The Morgan fingerprint density at radius 2 is 1.94 bits per heavy atom. The van der Waals surface area contributed by atoms with E-state index in [1.54, 1.807) is 20.8 Å². The summed E-state index contributed by atoms with van der Waals surface area (Å²) >= 11 is 0. The molecule has 0 spiro atoms. The topological polar surface area (TPSA) is 88.1 Å². The molecule has 0 aromatic rings. The summed E-state index contributed by atoms with van der Waals surface area (Å²) in [7, 11) is 2.65. The molecular weight excluding hydrogens is 228 g/mol. The van der Waals surface area contributed by atoms with Gasteiger partial charge in [0.1, 0.15) is 0 Å². The molecule has 7 heteroatoms. The first kappa shape index (κ1) is 15.7. The molecule has 2 amide bonds. The van der Waals surface area contributed by atoms with Gasteiger partial charge in [-0.1, -0.05) is 0 Å². The number of carbonyl (C=O) groups is 2. The van der Waals surface area contributed by atoms with Crippen LogP contribution >= 0.6 is 0 Å². The molecule has 0 rings (SSSR count). The van der Waals surface area contributed by atoms with E-state index in [4.69, 9.17) is 9.84 Å². The van der Waals surface area contributed by atoms with Crippen LogP contribution in [0.1, 0.15) is 20.8 Å². The Labute approximate surface area is 101 Å². The molecule has 0 fully saturated rings. The van der Waals surface area contributed by atoms with Gasteiger partial charge in [0.25, 0.3) is 5.91 Å². The van der Waals surface area contributed by atoms with Gasteiger partial charge >= 0.3 is 6.09 Å². The normalized spacial score (nSPS) is 12.8. The number of aliphatic hydroxyl groups excluding tert-OH is 1. The number of nitrogens with one attached hydrogen (secondary N) is 1. The number of hydrogen-bond acceptors (Lipinski definition) is 5. The van der Waals surface area contributed by atoms with Crippen molar-refractivity contribution in [3.8, 4) is 0 Å². The molecule has 0 bridgehead atoms. The van der Waals surface area contributed by atoms with Crippen LogP contribution in [0.3, 0.4) is 0 Å². The van der Waals surface area contributed by atoms with Gasteiger partial charge in [-0.2, -0.15) is 0 Å². The number of rotatable bonds is 4. The standard InChI is InChI=1S/C10H20N2O5/c1-10(2,3)11-9(15)17-7(6-13)8(14)12(4)16-5/h7,13H,6H2,1-5H3,(H,11,15)/t7-/m0/s1. The van der Waals surface area contributed by atoms with E-state index in [0.717, 1.165) is 5.06 Å². The van der Waals surface area contributed by atoms with Crippen LogP contribution in [0, 0.1) is 0 Å². The van der Waals surface area contributed by atoms with Crippen molar-refractivity contribution in [2.45, 2.75) is 32.4 Å². The van der Waals surface area contributed by atoms with E-state index in [1.165, 1.54) is 14.2 Å². The van der Waals surface area contributed by atoms with Gasteiger partial charge in [0.15, 0.2) is 0 Å². The van der Waals surface area contributed by atoms with Gasteiger partial charge in [-0.15, -0.1) is 0 Å². The highest BCUT2D eigenvalue weighted by molar-refractivity contribution is 5.82. The highest BCUT2D eigenvalue weighted by Crippen LogP contribution is 2.03. The molecule has 0 aromatic carbocycles. The maximum atomic E-state index is 11.5. The third-order valence-corrected chi connectivity index (χ3v) is 1.75. The largest absolute Gasteiger partial charge is 0.434 e. The van der Waals surface area contributed by atoms with Crippen LogP contribution in [-0.4, -0.2) is 54.6 Å². The summed E-state index contributed by atoms with van der Waals surface area (Å²) in [5.74, 6) is -0.640. The van der Waals surface area contributed by atoms with E-state index in [-0.39, 0.29) is 0 Å². The van der Waals surface area contributed by atoms with Gasteiger partial charge in [0, 0.05) is 12.6 Å². The lowest BCUT2D eigenvalue weighted by molar-refractivity contribution is -0.179. The minimum absolute atomic E-state index is 0.479. The summed E-state index contributed by atoms with van der Waals surface area (Å²) in [6.07, 6.45) is -2.04. The Kier molecular flexibility index (Phi) is 5.90. The molecule has 0 aliphatic heterocycles. The van der Waals surface area contributed by atoms with Crippen molar-refractivity contribution in [3.63, 3.8) is 0 Å². The van der Waals surface area contributed by atoms with E-state index in [1.807, 2.05) is 0 Å². The fraction of sp³-hybridized carbons (Fsp3) is 0.800. The summed E-state index contributed by atoms with van der Waals surface area (Å²) in [5.41, 5.74) is -0.479. The summed E-state index contributed by atoms with van der Waals surface area (Å²) in [5, 5.41) is 12.4. The van der Waals surface area contributed by atoms with Crippen LogP contribution in [0.25, 0.3) is 0 Å². The molecule has 0 unspecified atom stereocenters. The van der Waals surface area contributed by atoms with Crippen molar-refractivity contribution >= 4 is 12.0 Å². The monoisotopic (exact) mass is 248 g/mol. The molecular formula is C10H20N2O5. The number of carbonyl (C=O) groups excluding carboxylic acids is 2. The summed E-state index contributed by atoms with van der Waals surface area (Å²) < 4.78 is 4.79.